The molecule has 2 atom stereocenters. The quantitative estimate of drug-likeness (QED) is 0.898. The van der Waals surface area contributed by atoms with Crippen molar-refractivity contribution >= 4 is 16.8 Å². The number of aliphatic hydroxyl groups is 1. The summed E-state index contributed by atoms with van der Waals surface area (Å²) in [6.45, 7) is 9.46. The van der Waals surface area contributed by atoms with E-state index in [9.17, 15) is 9.90 Å². The molecule has 2 aromatic rings. The van der Waals surface area contributed by atoms with Crippen LogP contribution in [-0.2, 0) is 4.79 Å². The number of carbonyl (C=O) groups excluding carboxylic acids is 1. The van der Waals surface area contributed by atoms with Crippen LogP contribution in [0, 0.1) is 16.7 Å². The monoisotopic (exact) mass is 352 g/mol. The fourth-order valence-electron chi connectivity index (χ4n) is 4.91. The lowest BCUT2D eigenvalue weighted by atomic mass is 9.68. The third-order valence-electron chi connectivity index (χ3n) is 6.18. The molecule has 1 N–H and O–H groups in total. The number of aliphatic hydroxyl groups excluding tert-OH is 1. The van der Waals surface area contributed by atoms with Crippen LogP contribution in [0.2, 0.25) is 0 Å². The second-order valence-electron chi connectivity index (χ2n) is 9.44. The summed E-state index contributed by atoms with van der Waals surface area (Å²) in [6.07, 6.45) is 2.35. The number of rotatable bonds is 2. The van der Waals surface area contributed by atoms with Gasteiger partial charge < -0.3 is 10.0 Å². The predicted molar refractivity (Wildman–Crippen MR) is 103 cm³/mol. The van der Waals surface area contributed by atoms with Crippen LogP contribution in [0.5, 0.6) is 0 Å². The van der Waals surface area contributed by atoms with Gasteiger partial charge in [0.15, 0.2) is 0 Å². The zero-order valence-corrected chi connectivity index (χ0v) is 16.1. The molecule has 1 aliphatic carbocycles. The molecule has 0 bridgehead atoms. The smallest absolute Gasteiger partial charge is 0.226 e. The van der Waals surface area contributed by atoms with Crippen molar-refractivity contribution in [2.45, 2.75) is 46.1 Å². The molecule has 0 radical (unpaired) electrons. The van der Waals surface area contributed by atoms with Crippen molar-refractivity contribution in [2.75, 3.05) is 13.1 Å². The maximum Gasteiger partial charge on any atom is 0.226 e. The van der Waals surface area contributed by atoms with Gasteiger partial charge >= 0.3 is 0 Å². The molecule has 138 valence electrons. The lowest BCUT2D eigenvalue weighted by Crippen LogP contribution is -2.59. The molecular formula is C22H28N2O2. The summed E-state index contributed by atoms with van der Waals surface area (Å²) < 4.78 is 0. The Kier molecular flexibility index (Phi) is 3.88. The van der Waals surface area contributed by atoms with Gasteiger partial charge in [0.1, 0.15) is 0 Å². The van der Waals surface area contributed by atoms with Crippen LogP contribution in [0.4, 0.5) is 0 Å². The van der Waals surface area contributed by atoms with Gasteiger partial charge in [-0.1, -0.05) is 45.9 Å². The molecule has 2 aliphatic rings. The fourth-order valence-corrected chi connectivity index (χ4v) is 4.91. The van der Waals surface area contributed by atoms with Crippen LogP contribution in [0.25, 0.3) is 10.9 Å². The van der Waals surface area contributed by atoms with E-state index in [4.69, 9.17) is 0 Å². The maximum absolute atomic E-state index is 13.2. The van der Waals surface area contributed by atoms with Crippen LogP contribution in [0.1, 0.15) is 45.6 Å². The lowest BCUT2D eigenvalue weighted by Gasteiger charge is -2.51. The Bertz CT molecular complexity index is 835. The van der Waals surface area contributed by atoms with Crippen molar-refractivity contribution in [1.82, 2.24) is 9.88 Å². The van der Waals surface area contributed by atoms with E-state index < -0.39 is 6.10 Å². The summed E-state index contributed by atoms with van der Waals surface area (Å²) in [7, 11) is 0. The largest absolute Gasteiger partial charge is 0.392 e. The highest BCUT2D eigenvalue weighted by Gasteiger charge is 2.52. The number of piperidine rings is 1. The van der Waals surface area contributed by atoms with Gasteiger partial charge in [-0.3, -0.25) is 9.78 Å². The number of hydrogen-bond acceptors (Lipinski definition) is 3. The van der Waals surface area contributed by atoms with Crippen LogP contribution >= 0.6 is 0 Å². The highest BCUT2D eigenvalue weighted by atomic mass is 16.3. The zero-order valence-electron chi connectivity index (χ0n) is 16.1. The Labute approximate surface area is 155 Å². The molecular weight excluding hydrogens is 324 g/mol. The van der Waals surface area contributed by atoms with Crippen molar-refractivity contribution in [3.8, 4) is 0 Å². The molecule has 1 aromatic heterocycles. The Morgan fingerprint density at radius 1 is 1.12 bits per heavy atom. The van der Waals surface area contributed by atoms with Gasteiger partial charge in [-0.2, -0.15) is 0 Å². The first-order valence-corrected chi connectivity index (χ1v) is 9.51. The Morgan fingerprint density at radius 3 is 2.46 bits per heavy atom. The van der Waals surface area contributed by atoms with Gasteiger partial charge in [0, 0.05) is 41.4 Å². The number of para-hydroxylation sites is 1. The SMILES string of the molecule is CC1(C)CN(C(=O)[C@@H]2C[C@H]2c2ccnc3ccccc23)CC(C)(C)C1O. The van der Waals surface area contributed by atoms with E-state index in [-0.39, 0.29) is 28.6 Å². The van der Waals surface area contributed by atoms with Crippen LogP contribution in [0.15, 0.2) is 36.5 Å². The second kappa shape index (κ2) is 5.78. The number of carbonyl (C=O) groups is 1. The molecule has 4 nitrogen and oxygen atoms in total. The van der Waals surface area contributed by atoms with Gasteiger partial charge in [0.2, 0.25) is 5.91 Å². The topological polar surface area (TPSA) is 53.4 Å². The number of pyridine rings is 1. The van der Waals surface area contributed by atoms with E-state index in [1.807, 2.05) is 29.3 Å². The van der Waals surface area contributed by atoms with E-state index in [0.29, 0.717) is 13.1 Å². The van der Waals surface area contributed by atoms with E-state index in [1.54, 1.807) is 0 Å². The summed E-state index contributed by atoms with van der Waals surface area (Å²) in [6, 6.07) is 10.2. The third kappa shape index (κ3) is 2.81. The van der Waals surface area contributed by atoms with Crippen molar-refractivity contribution in [3.63, 3.8) is 0 Å². The number of fused-ring (bicyclic) bond motifs is 1. The minimum Gasteiger partial charge on any atom is -0.392 e. The summed E-state index contributed by atoms with van der Waals surface area (Å²) in [4.78, 5) is 19.6. The van der Waals surface area contributed by atoms with E-state index in [1.165, 1.54) is 5.56 Å². The van der Waals surface area contributed by atoms with Crippen LogP contribution in [0.3, 0.4) is 0 Å². The molecule has 26 heavy (non-hydrogen) atoms. The van der Waals surface area contributed by atoms with Crippen LogP contribution < -0.4 is 0 Å². The molecule has 4 rings (SSSR count). The lowest BCUT2D eigenvalue weighted by molar-refractivity contribution is -0.152. The standard InChI is InChI=1S/C22H28N2O2/c1-21(2)12-24(13-22(3,4)20(21)26)19(25)17-11-16(17)14-9-10-23-18-8-6-5-7-15(14)18/h5-10,16-17,20,26H,11-13H2,1-4H3/t16-,17+/m0/s1. The maximum atomic E-state index is 13.2. The molecule has 1 aliphatic heterocycles. The normalized spacial score (nSPS) is 27.5. The number of hydrogen-bond donors (Lipinski definition) is 1. The van der Waals surface area contributed by atoms with Crippen molar-refractivity contribution < 1.29 is 9.90 Å². The molecule has 0 spiro atoms. The minimum atomic E-state index is -0.404. The number of aromatic nitrogens is 1. The molecule has 2 fully saturated rings. The van der Waals surface area contributed by atoms with Crippen molar-refractivity contribution in [3.05, 3.63) is 42.1 Å². The molecule has 4 heteroatoms. The Hall–Kier alpha value is -1.94. The summed E-state index contributed by atoms with van der Waals surface area (Å²) in [5.74, 6) is 0.583. The molecule has 2 heterocycles. The van der Waals surface area contributed by atoms with E-state index >= 15 is 0 Å². The Morgan fingerprint density at radius 2 is 1.77 bits per heavy atom. The predicted octanol–water partition coefficient (Wildman–Crippen LogP) is 3.59. The number of likely N-dealkylation sites (tertiary alicyclic amines) is 1. The second-order valence-corrected chi connectivity index (χ2v) is 9.44. The number of nitrogens with zero attached hydrogens (tertiary/aromatic N) is 2. The van der Waals surface area contributed by atoms with Crippen molar-refractivity contribution in [2.24, 2.45) is 16.7 Å². The molecule has 1 amide bonds. The third-order valence-corrected chi connectivity index (χ3v) is 6.18. The van der Waals surface area contributed by atoms with Crippen molar-refractivity contribution in [1.29, 1.82) is 0 Å². The zero-order chi connectivity index (χ0) is 18.7. The molecule has 1 saturated heterocycles. The van der Waals surface area contributed by atoms with Gasteiger partial charge in [-0.05, 0) is 30.0 Å². The number of amides is 1. The van der Waals surface area contributed by atoms with E-state index in [2.05, 4.69) is 44.8 Å². The molecule has 1 saturated carbocycles. The summed E-state index contributed by atoms with van der Waals surface area (Å²) in [5, 5.41) is 11.8. The molecule has 0 unspecified atom stereocenters. The summed E-state index contributed by atoms with van der Waals surface area (Å²) >= 11 is 0. The Balaban J connectivity index is 1.56. The molecule has 1 aromatic carbocycles. The average molecular weight is 352 g/mol. The van der Waals surface area contributed by atoms with Gasteiger partial charge in [-0.15, -0.1) is 0 Å². The van der Waals surface area contributed by atoms with Crippen LogP contribution in [-0.4, -0.2) is 40.1 Å². The van der Waals surface area contributed by atoms with Gasteiger partial charge in [0.25, 0.3) is 0 Å². The highest BCUT2D eigenvalue weighted by molar-refractivity contribution is 5.87. The average Bonchev–Trinajstić information content (AvgIpc) is 3.38. The highest BCUT2D eigenvalue weighted by Crippen LogP contribution is 2.51. The van der Waals surface area contributed by atoms with Gasteiger partial charge in [0.05, 0.1) is 11.6 Å². The van der Waals surface area contributed by atoms with E-state index in [0.717, 1.165) is 17.3 Å². The van der Waals surface area contributed by atoms with Gasteiger partial charge in [-0.25, -0.2) is 0 Å². The first-order valence-electron chi connectivity index (χ1n) is 9.51. The summed E-state index contributed by atoms with van der Waals surface area (Å²) in [5.41, 5.74) is 1.66. The number of benzene rings is 1. The first kappa shape index (κ1) is 17.5. The first-order chi connectivity index (χ1) is 12.2. The minimum absolute atomic E-state index is 0.0580. The fraction of sp³-hybridized carbons (Fsp3) is 0.545.